The minimum Gasteiger partial charge on any atom is -0.364 e. The summed E-state index contributed by atoms with van der Waals surface area (Å²) < 4.78 is 3.20. The van der Waals surface area contributed by atoms with Gasteiger partial charge in [-0.15, -0.1) is 0 Å². The molecule has 1 aliphatic rings. The zero-order valence-electron chi connectivity index (χ0n) is 20.0. The highest BCUT2D eigenvalue weighted by Crippen LogP contribution is 2.33. The lowest BCUT2D eigenvalue weighted by atomic mass is 9.99. The number of aromatic nitrogens is 4. The van der Waals surface area contributed by atoms with Gasteiger partial charge in [0.2, 0.25) is 0 Å². The Kier molecular flexibility index (Phi) is 5.58. The van der Waals surface area contributed by atoms with Gasteiger partial charge in [0.15, 0.2) is 0 Å². The molecule has 34 heavy (non-hydrogen) atoms. The maximum absolute atomic E-state index is 12.7. The van der Waals surface area contributed by atoms with Crippen LogP contribution in [-0.2, 0) is 13.6 Å². The van der Waals surface area contributed by atoms with E-state index in [0.29, 0.717) is 0 Å². The molecule has 174 valence electrons. The lowest BCUT2D eigenvalue weighted by molar-refractivity contribution is 0.119. The molecule has 5 rings (SSSR count). The Labute approximate surface area is 198 Å². The summed E-state index contributed by atoms with van der Waals surface area (Å²) in [7, 11) is 1.75. The fraction of sp³-hybridized carbons (Fsp3) is 0.385. The summed E-state index contributed by atoms with van der Waals surface area (Å²) in [5.74, 6) is 0. The van der Waals surface area contributed by atoms with Gasteiger partial charge in [-0.3, -0.25) is 19.4 Å². The number of anilines is 1. The van der Waals surface area contributed by atoms with Crippen LogP contribution in [-0.4, -0.2) is 49.4 Å². The van der Waals surface area contributed by atoms with Crippen LogP contribution in [0.2, 0.25) is 0 Å². The molecule has 4 aromatic rings. The average molecular weight is 456 g/mol. The molecular formula is C26H29N7O. The van der Waals surface area contributed by atoms with Crippen molar-refractivity contribution in [2.24, 2.45) is 7.05 Å². The van der Waals surface area contributed by atoms with E-state index in [-0.39, 0.29) is 30.2 Å². The Morgan fingerprint density at radius 2 is 2.00 bits per heavy atom. The van der Waals surface area contributed by atoms with E-state index in [1.165, 1.54) is 5.56 Å². The highest BCUT2D eigenvalue weighted by molar-refractivity contribution is 5.88. The maximum atomic E-state index is 12.7. The van der Waals surface area contributed by atoms with Crippen LogP contribution in [0.5, 0.6) is 0 Å². The molecule has 0 amide bonds. The summed E-state index contributed by atoms with van der Waals surface area (Å²) >= 11 is 0. The summed E-state index contributed by atoms with van der Waals surface area (Å²) in [4.78, 5) is 22.1. The molecule has 8 nitrogen and oxygen atoms in total. The van der Waals surface area contributed by atoms with E-state index in [0.717, 1.165) is 40.7 Å². The van der Waals surface area contributed by atoms with Crippen LogP contribution in [0.4, 0.5) is 5.69 Å². The predicted octanol–water partition coefficient (Wildman–Crippen LogP) is 3.47. The number of rotatable bonds is 4. The van der Waals surface area contributed by atoms with Crippen LogP contribution in [0.3, 0.4) is 0 Å². The van der Waals surface area contributed by atoms with Gasteiger partial charge in [-0.1, -0.05) is 18.2 Å². The number of benzene rings is 1. The van der Waals surface area contributed by atoms with Crippen LogP contribution in [0, 0.1) is 11.3 Å². The maximum Gasteiger partial charge on any atom is 0.252 e. The van der Waals surface area contributed by atoms with Gasteiger partial charge in [0.25, 0.3) is 5.56 Å². The van der Waals surface area contributed by atoms with Crippen molar-refractivity contribution in [2.75, 3.05) is 18.0 Å². The molecule has 1 aliphatic heterocycles. The van der Waals surface area contributed by atoms with Gasteiger partial charge in [-0.25, -0.2) is 0 Å². The summed E-state index contributed by atoms with van der Waals surface area (Å²) in [6.45, 7) is 8.48. The Hall–Kier alpha value is -3.70. The van der Waals surface area contributed by atoms with E-state index < -0.39 is 0 Å². The number of hydrogen-bond acceptors (Lipinski definition) is 6. The Morgan fingerprint density at radius 3 is 2.79 bits per heavy atom. The lowest BCUT2D eigenvalue weighted by Gasteiger charge is -2.47. The molecule has 1 aromatic carbocycles. The first-order valence-electron chi connectivity index (χ1n) is 11.7. The van der Waals surface area contributed by atoms with Crippen LogP contribution < -0.4 is 10.5 Å². The van der Waals surface area contributed by atoms with Crippen molar-refractivity contribution in [1.29, 1.82) is 5.26 Å². The first-order valence-corrected chi connectivity index (χ1v) is 11.7. The molecule has 3 aromatic heterocycles. The molecule has 0 spiro atoms. The van der Waals surface area contributed by atoms with Gasteiger partial charge in [0, 0.05) is 55.9 Å². The second kappa shape index (κ2) is 8.58. The van der Waals surface area contributed by atoms with E-state index in [9.17, 15) is 4.79 Å². The molecule has 3 atom stereocenters. The van der Waals surface area contributed by atoms with E-state index >= 15 is 0 Å². The summed E-state index contributed by atoms with van der Waals surface area (Å²) in [6, 6.07) is 15.1. The van der Waals surface area contributed by atoms with Crippen LogP contribution in [0.25, 0.3) is 21.9 Å². The number of hydrogen-bond donors (Lipinski definition) is 0. The molecule has 0 saturated carbocycles. The molecule has 0 bridgehead atoms. The Bertz CT molecular complexity index is 1460. The Morgan fingerprint density at radius 1 is 1.18 bits per heavy atom. The number of nitrogens with zero attached hydrogens (tertiary/aromatic N) is 7. The van der Waals surface area contributed by atoms with Gasteiger partial charge in [-0.05, 0) is 38.5 Å². The van der Waals surface area contributed by atoms with Gasteiger partial charge in [0.05, 0.1) is 29.0 Å². The van der Waals surface area contributed by atoms with Gasteiger partial charge >= 0.3 is 0 Å². The average Bonchev–Trinajstić information content (AvgIpc) is 3.26. The molecule has 0 N–H and O–H groups in total. The van der Waals surface area contributed by atoms with Gasteiger partial charge in [0.1, 0.15) is 12.1 Å². The molecule has 1 fully saturated rings. The topological polar surface area (TPSA) is 83.0 Å². The number of aryl methyl sites for hydroxylation is 1. The minimum absolute atomic E-state index is 0.0710. The van der Waals surface area contributed by atoms with Crippen molar-refractivity contribution < 1.29 is 0 Å². The highest BCUT2D eigenvalue weighted by Gasteiger charge is 2.34. The van der Waals surface area contributed by atoms with E-state index in [1.54, 1.807) is 28.6 Å². The minimum atomic E-state index is -0.0710. The Balaban J connectivity index is 1.45. The normalized spacial score (nSPS) is 20.0. The third kappa shape index (κ3) is 3.72. The second-order valence-corrected chi connectivity index (χ2v) is 9.32. The molecule has 1 saturated heterocycles. The molecular weight excluding hydrogens is 426 g/mol. The zero-order chi connectivity index (χ0) is 24.0. The van der Waals surface area contributed by atoms with Gasteiger partial charge < -0.3 is 9.47 Å². The lowest BCUT2D eigenvalue weighted by Crippen LogP contribution is -2.57. The van der Waals surface area contributed by atoms with E-state index in [1.807, 2.05) is 12.3 Å². The third-order valence-corrected chi connectivity index (χ3v) is 7.12. The number of piperazine rings is 1. The quantitative estimate of drug-likeness (QED) is 0.469. The van der Waals surface area contributed by atoms with Crippen LogP contribution >= 0.6 is 0 Å². The fourth-order valence-corrected chi connectivity index (χ4v) is 5.18. The van der Waals surface area contributed by atoms with Crippen molar-refractivity contribution in [1.82, 2.24) is 24.2 Å². The third-order valence-electron chi connectivity index (χ3n) is 7.12. The van der Waals surface area contributed by atoms with E-state index in [2.05, 4.69) is 71.0 Å². The molecule has 1 unspecified atom stereocenters. The summed E-state index contributed by atoms with van der Waals surface area (Å²) in [5.41, 5.74) is 4.55. The largest absolute Gasteiger partial charge is 0.364 e. The fourth-order valence-electron chi connectivity index (χ4n) is 5.18. The smallest absolute Gasteiger partial charge is 0.252 e. The van der Waals surface area contributed by atoms with Crippen molar-refractivity contribution in [3.05, 3.63) is 64.7 Å². The monoisotopic (exact) mass is 455 g/mol. The molecule has 0 aliphatic carbocycles. The number of fused-ring (bicyclic) bond motifs is 2. The van der Waals surface area contributed by atoms with Crippen LogP contribution in [0.15, 0.2) is 53.6 Å². The second-order valence-electron chi connectivity index (χ2n) is 9.32. The predicted molar refractivity (Wildman–Crippen MR) is 134 cm³/mol. The number of nitriles is 1. The molecule has 4 heterocycles. The van der Waals surface area contributed by atoms with Crippen LogP contribution in [0.1, 0.15) is 32.4 Å². The van der Waals surface area contributed by atoms with Gasteiger partial charge in [-0.2, -0.15) is 10.4 Å². The first kappa shape index (κ1) is 22.1. The standard InChI is InChI=1S/C26H29N7O/c1-17-15-33(23-13-25(34)30(4)24-16-31(11-9-27)29-26(23)24)18(2)14-32(17)19(3)21-8-7-20-6-5-10-28-22(20)12-21/h5-8,10,12-13,16-19H,11,14-15H2,1-4H3/t17-,18+,19?/m1/s1. The van der Waals surface area contributed by atoms with Crippen molar-refractivity contribution in [3.63, 3.8) is 0 Å². The van der Waals surface area contributed by atoms with Crippen molar-refractivity contribution in [3.8, 4) is 6.07 Å². The summed E-state index contributed by atoms with van der Waals surface area (Å²) in [6.07, 6.45) is 3.62. The highest BCUT2D eigenvalue weighted by atomic mass is 16.1. The first-order chi connectivity index (χ1) is 16.4. The summed E-state index contributed by atoms with van der Waals surface area (Å²) in [5, 5.41) is 14.9. The molecule has 8 heteroatoms. The zero-order valence-corrected chi connectivity index (χ0v) is 20.0. The number of pyridine rings is 2. The van der Waals surface area contributed by atoms with E-state index in [4.69, 9.17) is 5.26 Å². The SMILES string of the molecule is CC(c1ccc2cccnc2c1)N1C[C@H](C)N(c2cc(=O)n(C)c3cn(CC#N)nc23)C[C@H]1C. The van der Waals surface area contributed by atoms with Crippen molar-refractivity contribution in [2.45, 2.75) is 45.4 Å². The molecule has 0 radical (unpaired) electrons. The van der Waals surface area contributed by atoms with Crippen molar-refractivity contribution >= 4 is 27.6 Å².